The summed E-state index contributed by atoms with van der Waals surface area (Å²) >= 11 is 0. The molecule has 1 aliphatic rings. The van der Waals surface area contributed by atoms with Gasteiger partial charge in [-0.3, -0.25) is 9.59 Å². The number of amides is 2. The van der Waals surface area contributed by atoms with Gasteiger partial charge in [0.15, 0.2) is 0 Å². The standard InChI is InChI=1S/C29H43N3O2/c1-5-6-11-24-15-17-25(18-16-24)29(34)32(26-12-8-7-9-13-26)22-28(33)31(20-23(2)3)21-27-14-10-19-30(27)4/h10,14-19,23,26H,5-9,11-13,20-22H2,1-4H3. The zero-order valence-electron chi connectivity index (χ0n) is 21.6. The summed E-state index contributed by atoms with van der Waals surface area (Å²) in [5.74, 6) is 0.387. The van der Waals surface area contributed by atoms with Gasteiger partial charge in [-0.2, -0.15) is 0 Å². The number of nitrogens with zero attached hydrogens (tertiary/aromatic N) is 3. The smallest absolute Gasteiger partial charge is 0.254 e. The fourth-order valence-corrected chi connectivity index (χ4v) is 4.92. The molecule has 1 heterocycles. The summed E-state index contributed by atoms with van der Waals surface area (Å²) in [7, 11) is 2.01. The van der Waals surface area contributed by atoms with Crippen molar-refractivity contribution in [3.8, 4) is 0 Å². The van der Waals surface area contributed by atoms with Crippen molar-refractivity contribution in [3.63, 3.8) is 0 Å². The van der Waals surface area contributed by atoms with E-state index >= 15 is 0 Å². The molecule has 0 unspecified atom stereocenters. The van der Waals surface area contributed by atoms with Crippen molar-refractivity contribution in [2.24, 2.45) is 13.0 Å². The SMILES string of the molecule is CCCCc1ccc(C(=O)N(CC(=O)N(Cc2cccn2C)CC(C)C)C2CCCCC2)cc1. The average molecular weight is 466 g/mol. The summed E-state index contributed by atoms with van der Waals surface area (Å²) in [6, 6.07) is 12.3. The van der Waals surface area contributed by atoms with Crippen LogP contribution in [-0.2, 0) is 24.8 Å². The van der Waals surface area contributed by atoms with Crippen LogP contribution in [0.4, 0.5) is 0 Å². The van der Waals surface area contributed by atoms with E-state index in [2.05, 4.69) is 43.5 Å². The van der Waals surface area contributed by atoms with Gasteiger partial charge in [0, 0.05) is 37.1 Å². The highest BCUT2D eigenvalue weighted by atomic mass is 16.2. The lowest BCUT2D eigenvalue weighted by Gasteiger charge is -2.36. The molecule has 2 amide bonds. The van der Waals surface area contributed by atoms with Crippen molar-refractivity contribution in [2.75, 3.05) is 13.1 Å². The number of carbonyl (C=O) groups excluding carboxylic acids is 2. The molecule has 5 nitrogen and oxygen atoms in total. The van der Waals surface area contributed by atoms with Crippen molar-refractivity contribution in [2.45, 2.75) is 84.7 Å². The van der Waals surface area contributed by atoms with Crippen molar-refractivity contribution in [1.29, 1.82) is 0 Å². The van der Waals surface area contributed by atoms with Gasteiger partial charge in [-0.1, -0.05) is 58.6 Å². The summed E-state index contributed by atoms with van der Waals surface area (Å²) in [6.45, 7) is 7.86. The maximum Gasteiger partial charge on any atom is 0.254 e. The van der Waals surface area contributed by atoms with Gasteiger partial charge < -0.3 is 14.4 Å². The number of aromatic nitrogens is 1. The highest BCUT2D eigenvalue weighted by Gasteiger charge is 2.30. The number of hydrogen-bond acceptors (Lipinski definition) is 2. The molecular formula is C29H43N3O2. The van der Waals surface area contributed by atoms with Gasteiger partial charge in [-0.25, -0.2) is 0 Å². The lowest BCUT2D eigenvalue weighted by atomic mass is 9.93. The summed E-state index contributed by atoms with van der Waals surface area (Å²) in [4.78, 5) is 31.1. The van der Waals surface area contributed by atoms with Gasteiger partial charge in [0.05, 0.1) is 6.54 Å². The van der Waals surface area contributed by atoms with Crippen LogP contribution < -0.4 is 0 Å². The van der Waals surface area contributed by atoms with Gasteiger partial charge in [0.1, 0.15) is 6.54 Å². The Balaban J connectivity index is 1.79. The number of aryl methyl sites for hydroxylation is 2. The van der Waals surface area contributed by atoms with Gasteiger partial charge in [-0.15, -0.1) is 0 Å². The molecule has 1 saturated carbocycles. The van der Waals surface area contributed by atoms with E-state index in [0.717, 1.165) is 50.6 Å². The second-order valence-corrected chi connectivity index (χ2v) is 10.3. The van der Waals surface area contributed by atoms with Crippen LogP contribution in [0.5, 0.6) is 0 Å². The van der Waals surface area contributed by atoms with Crippen molar-refractivity contribution in [1.82, 2.24) is 14.4 Å². The monoisotopic (exact) mass is 465 g/mol. The van der Waals surface area contributed by atoms with Crippen LogP contribution in [0.15, 0.2) is 42.6 Å². The lowest BCUT2D eigenvalue weighted by molar-refractivity contribution is -0.133. The first-order valence-electron chi connectivity index (χ1n) is 13.2. The third kappa shape index (κ3) is 7.22. The zero-order valence-corrected chi connectivity index (χ0v) is 21.6. The van der Waals surface area contributed by atoms with Gasteiger partial charge in [0.2, 0.25) is 5.91 Å². The van der Waals surface area contributed by atoms with Crippen molar-refractivity contribution < 1.29 is 9.59 Å². The largest absolute Gasteiger partial charge is 0.353 e. The Morgan fingerprint density at radius 1 is 1.06 bits per heavy atom. The Morgan fingerprint density at radius 3 is 2.35 bits per heavy atom. The molecule has 0 bridgehead atoms. The number of hydrogen-bond donors (Lipinski definition) is 0. The summed E-state index contributed by atoms with van der Waals surface area (Å²) in [6.07, 6.45) is 10.8. The fraction of sp³-hybridized carbons (Fsp3) is 0.586. The van der Waals surface area contributed by atoms with Crippen molar-refractivity contribution in [3.05, 3.63) is 59.4 Å². The molecule has 1 aromatic heterocycles. The molecule has 3 rings (SSSR count). The molecule has 0 aliphatic heterocycles. The minimum Gasteiger partial charge on any atom is -0.353 e. The fourth-order valence-electron chi connectivity index (χ4n) is 4.92. The second kappa shape index (κ2) is 12.8. The van der Waals surface area contributed by atoms with E-state index < -0.39 is 0 Å². The predicted octanol–water partition coefficient (Wildman–Crippen LogP) is 5.83. The molecule has 0 atom stereocenters. The molecule has 0 spiro atoms. The Bertz CT molecular complexity index is 910. The Kier molecular flexibility index (Phi) is 9.79. The van der Waals surface area contributed by atoms with E-state index in [9.17, 15) is 9.59 Å². The zero-order chi connectivity index (χ0) is 24.5. The summed E-state index contributed by atoms with van der Waals surface area (Å²) < 4.78 is 2.06. The minimum atomic E-state index is -0.00865. The number of unbranched alkanes of at least 4 members (excludes halogenated alkanes) is 1. The van der Waals surface area contributed by atoms with Crippen LogP contribution in [-0.4, -0.2) is 45.3 Å². The predicted molar refractivity (Wildman–Crippen MR) is 139 cm³/mol. The van der Waals surface area contributed by atoms with E-state index in [-0.39, 0.29) is 24.4 Å². The summed E-state index contributed by atoms with van der Waals surface area (Å²) in [5.41, 5.74) is 3.06. The first-order valence-corrected chi connectivity index (χ1v) is 13.2. The van der Waals surface area contributed by atoms with Gasteiger partial charge >= 0.3 is 0 Å². The van der Waals surface area contributed by atoms with Gasteiger partial charge in [0.25, 0.3) is 5.91 Å². The highest BCUT2D eigenvalue weighted by Crippen LogP contribution is 2.25. The molecule has 1 aliphatic carbocycles. The van der Waals surface area contributed by atoms with Crippen LogP contribution in [0.3, 0.4) is 0 Å². The third-order valence-electron chi connectivity index (χ3n) is 6.94. The Labute approximate surface area is 206 Å². The summed E-state index contributed by atoms with van der Waals surface area (Å²) in [5, 5.41) is 0. The topological polar surface area (TPSA) is 45.6 Å². The number of benzene rings is 1. The number of rotatable bonds is 11. The maximum atomic E-state index is 13.7. The van der Waals surface area contributed by atoms with Crippen LogP contribution >= 0.6 is 0 Å². The lowest BCUT2D eigenvalue weighted by Crippen LogP contribution is -2.48. The molecule has 0 saturated heterocycles. The molecule has 34 heavy (non-hydrogen) atoms. The van der Waals surface area contributed by atoms with E-state index in [1.807, 2.05) is 41.2 Å². The van der Waals surface area contributed by atoms with E-state index in [4.69, 9.17) is 0 Å². The molecular weight excluding hydrogens is 422 g/mol. The number of carbonyl (C=O) groups is 2. The van der Waals surface area contributed by atoms with Crippen LogP contribution in [0, 0.1) is 5.92 Å². The molecule has 0 radical (unpaired) electrons. The van der Waals surface area contributed by atoms with Crippen LogP contribution in [0.2, 0.25) is 0 Å². The van der Waals surface area contributed by atoms with Crippen molar-refractivity contribution >= 4 is 11.8 Å². The third-order valence-corrected chi connectivity index (χ3v) is 6.94. The normalized spacial score (nSPS) is 14.4. The van der Waals surface area contributed by atoms with E-state index in [0.29, 0.717) is 24.6 Å². The van der Waals surface area contributed by atoms with Crippen LogP contribution in [0.1, 0.15) is 87.3 Å². The first-order chi connectivity index (χ1) is 16.4. The first kappa shape index (κ1) is 26.1. The van der Waals surface area contributed by atoms with E-state index in [1.165, 1.54) is 12.0 Å². The molecule has 1 fully saturated rings. The van der Waals surface area contributed by atoms with Gasteiger partial charge in [-0.05, 0) is 61.4 Å². The van der Waals surface area contributed by atoms with E-state index in [1.54, 1.807) is 0 Å². The average Bonchev–Trinajstić information content (AvgIpc) is 3.25. The Hall–Kier alpha value is -2.56. The van der Waals surface area contributed by atoms with Crippen LogP contribution in [0.25, 0.3) is 0 Å². The minimum absolute atomic E-state index is 0.00865. The highest BCUT2D eigenvalue weighted by molar-refractivity contribution is 5.96. The molecule has 0 N–H and O–H groups in total. The second-order valence-electron chi connectivity index (χ2n) is 10.3. The Morgan fingerprint density at radius 2 is 1.76 bits per heavy atom. The quantitative estimate of drug-likeness (QED) is 0.419. The molecule has 186 valence electrons. The maximum absolute atomic E-state index is 13.7. The molecule has 2 aromatic rings. The molecule has 5 heteroatoms. The molecule has 1 aromatic carbocycles.